The molecule has 1 aromatic carbocycles. The molecular weight excluding hydrogens is 318 g/mol. The first kappa shape index (κ1) is 17.6. The highest BCUT2D eigenvalue weighted by Gasteiger charge is 2.33. The lowest BCUT2D eigenvalue weighted by Gasteiger charge is -2.43. The van der Waals surface area contributed by atoms with E-state index in [4.69, 9.17) is 9.47 Å². The number of hydrogen-bond acceptors (Lipinski definition) is 5. The zero-order valence-electron chi connectivity index (χ0n) is 15.0. The standard InChI is InChI=1S/C19H25N3O3/c1-19(2)14-21(12-17(25-19)13-24-3)16-9-18(23)22(20-10-16)11-15-7-5-4-6-8-15/h4-10,17H,11-14H2,1-3H3/t17-/m0/s1. The van der Waals surface area contributed by atoms with Crippen LogP contribution in [0.4, 0.5) is 5.69 Å². The second-order valence-corrected chi connectivity index (χ2v) is 7.03. The van der Waals surface area contributed by atoms with Crippen LogP contribution in [0.15, 0.2) is 47.4 Å². The lowest BCUT2D eigenvalue weighted by atomic mass is 10.0. The minimum Gasteiger partial charge on any atom is -0.382 e. The number of hydrogen-bond donors (Lipinski definition) is 0. The lowest BCUT2D eigenvalue weighted by molar-refractivity contribution is -0.106. The van der Waals surface area contributed by atoms with Crippen molar-refractivity contribution in [1.29, 1.82) is 0 Å². The number of ether oxygens (including phenoxy) is 2. The van der Waals surface area contributed by atoms with E-state index < -0.39 is 0 Å². The number of morpholine rings is 1. The molecule has 6 heteroatoms. The van der Waals surface area contributed by atoms with E-state index in [0.717, 1.165) is 11.3 Å². The smallest absolute Gasteiger partial charge is 0.269 e. The van der Waals surface area contributed by atoms with Gasteiger partial charge < -0.3 is 14.4 Å². The van der Waals surface area contributed by atoms with Crippen molar-refractivity contribution in [3.63, 3.8) is 0 Å². The van der Waals surface area contributed by atoms with Crippen LogP contribution in [0.5, 0.6) is 0 Å². The Morgan fingerprint density at radius 2 is 2.08 bits per heavy atom. The molecule has 1 atom stereocenters. The molecule has 0 radical (unpaired) electrons. The first-order chi connectivity index (χ1) is 12.0. The molecule has 134 valence electrons. The quantitative estimate of drug-likeness (QED) is 0.830. The molecule has 0 saturated carbocycles. The summed E-state index contributed by atoms with van der Waals surface area (Å²) in [6.45, 7) is 6.48. The molecule has 1 fully saturated rings. The Morgan fingerprint density at radius 1 is 1.32 bits per heavy atom. The van der Waals surface area contributed by atoms with Crippen molar-refractivity contribution in [3.8, 4) is 0 Å². The molecule has 0 N–H and O–H groups in total. The van der Waals surface area contributed by atoms with Crippen molar-refractivity contribution in [2.75, 3.05) is 31.7 Å². The molecule has 3 rings (SSSR count). The van der Waals surface area contributed by atoms with E-state index in [9.17, 15) is 4.79 Å². The van der Waals surface area contributed by atoms with Gasteiger partial charge in [-0.25, -0.2) is 4.68 Å². The van der Waals surface area contributed by atoms with Crippen LogP contribution in [-0.2, 0) is 16.0 Å². The normalized spacial score (nSPS) is 19.8. The molecule has 2 heterocycles. The predicted octanol–water partition coefficient (Wildman–Crippen LogP) is 1.92. The van der Waals surface area contributed by atoms with Crippen molar-refractivity contribution in [2.24, 2.45) is 0 Å². The Labute approximate surface area is 148 Å². The van der Waals surface area contributed by atoms with Gasteiger partial charge in [0.15, 0.2) is 0 Å². The monoisotopic (exact) mass is 343 g/mol. The molecule has 6 nitrogen and oxygen atoms in total. The van der Waals surface area contributed by atoms with Gasteiger partial charge in [-0.15, -0.1) is 0 Å². The second kappa shape index (κ2) is 7.37. The van der Waals surface area contributed by atoms with Gasteiger partial charge >= 0.3 is 0 Å². The fraction of sp³-hybridized carbons (Fsp3) is 0.474. The fourth-order valence-electron chi connectivity index (χ4n) is 3.24. The Bertz CT molecular complexity index is 758. The van der Waals surface area contributed by atoms with Crippen molar-refractivity contribution < 1.29 is 9.47 Å². The molecule has 1 aliphatic rings. The molecule has 1 saturated heterocycles. The highest BCUT2D eigenvalue weighted by atomic mass is 16.5. The van der Waals surface area contributed by atoms with Gasteiger partial charge in [-0.3, -0.25) is 4.79 Å². The van der Waals surface area contributed by atoms with Gasteiger partial charge in [-0.05, 0) is 19.4 Å². The van der Waals surface area contributed by atoms with Crippen LogP contribution in [0.3, 0.4) is 0 Å². The summed E-state index contributed by atoms with van der Waals surface area (Å²) in [6, 6.07) is 11.5. The van der Waals surface area contributed by atoms with Gasteiger partial charge in [-0.1, -0.05) is 30.3 Å². The summed E-state index contributed by atoms with van der Waals surface area (Å²) in [4.78, 5) is 14.6. The van der Waals surface area contributed by atoms with Gasteiger partial charge in [0.1, 0.15) is 0 Å². The molecular formula is C19H25N3O3. The maximum absolute atomic E-state index is 12.5. The van der Waals surface area contributed by atoms with Gasteiger partial charge in [0.2, 0.25) is 0 Å². The fourth-order valence-corrected chi connectivity index (χ4v) is 3.24. The molecule has 2 aromatic rings. The molecule has 0 aliphatic carbocycles. The van der Waals surface area contributed by atoms with E-state index in [0.29, 0.717) is 26.2 Å². The summed E-state index contributed by atoms with van der Waals surface area (Å²) in [5.41, 5.74) is 1.47. The number of benzene rings is 1. The van der Waals surface area contributed by atoms with E-state index in [-0.39, 0.29) is 17.3 Å². The van der Waals surface area contributed by atoms with Gasteiger partial charge in [0.05, 0.1) is 36.7 Å². The van der Waals surface area contributed by atoms with Crippen LogP contribution < -0.4 is 10.5 Å². The summed E-state index contributed by atoms with van der Waals surface area (Å²) in [5, 5.41) is 4.36. The number of methoxy groups -OCH3 is 1. The number of nitrogens with zero attached hydrogens (tertiary/aromatic N) is 3. The van der Waals surface area contributed by atoms with E-state index in [1.54, 1.807) is 19.4 Å². The minimum atomic E-state index is -0.305. The Balaban J connectivity index is 1.78. The van der Waals surface area contributed by atoms with Crippen LogP contribution in [0.1, 0.15) is 19.4 Å². The number of rotatable bonds is 5. The van der Waals surface area contributed by atoms with Crippen molar-refractivity contribution >= 4 is 5.69 Å². The molecule has 1 aliphatic heterocycles. The molecule has 0 unspecified atom stereocenters. The third-order valence-electron chi connectivity index (χ3n) is 4.23. The van der Waals surface area contributed by atoms with E-state index in [1.165, 1.54) is 4.68 Å². The number of anilines is 1. The zero-order chi connectivity index (χ0) is 17.9. The van der Waals surface area contributed by atoms with E-state index >= 15 is 0 Å². The maximum Gasteiger partial charge on any atom is 0.269 e. The molecule has 0 spiro atoms. The maximum atomic E-state index is 12.5. The van der Waals surface area contributed by atoms with Crippen LogP contribution >= 0.6 is 0 Å². The summed E-state index contributed by atoms with van der Waals surface area (Å²) in [6.07, 6.45) is 1.73. The first-order valence-corrected chi connectivity index (χ1v) is 8.50. The molecule has 1 aromatic heterocycles. The average Bonchev–Trinajstić information content (AvgIpc) is 2.56. The van der Waals surface area contributed by atoms with Gasteiger partial charge in [-0.2, -0.15) is 5.10 Å². The number of aromatic nitrogens is 2. The predicted molar refractivity (Wildman–Crippen MR) is 97.1 cm³/mol. The highest BCUT2D eigenvalue weighted by molar-refractivity contribution is 5.44. The summed E-state index contributed by atoms with van der Waals surface area (Å²) in [5.74, 6) is 0. The first-order valence-electron chi connectivity index (χ1n) is 8.50. The summed E-state index contributed by atoms with van der Waals surface area (Å²) in [7, 11) is 1.67. The second-order valence-electron chi connectivity index (χ2n) is 7.03. The SMILES string of the molecule is COC[C@@H]1CN(c2cnn(Cc3ccccc3)c(=O)c2)CC(C)(C)O1. The van der Waals surface area contributed by atoms with Crippen molar-refractivity contribution in [3.05, 3.63) is 58.5 Å². The van der Waals surface area contributed by atoms with Crippen molar-refractivity contribution in [1.82, 2.24) is 9.78 Å². The van der Waals surface area contributed by atoms with Gasteiger partial charge in [0.25, 0.3) is 5.56 Å². The average molecular weight is 343 g/mol. The molecule has 0 amide bonds. The Morgan fingerprint density at radius 3 is 2.76 bits per heavy atom. The summed E-state index contributed by atoms with van der Waals surface area (Å²) < 4.78 is 12.7. The Hall–Kier alpha value is -2.18. The largest absolute Gasteiger partial charge is 0.382 e. The van der Waals surface area contributed by atoms with Crippen molar-refractivity contribution in [2.45, 2.75) is 32.1 Å². The lowest BCUT2D eigenvalue weighted by Crippen LogP contribution is -2.54. The third kappa shape index (κ3) is 4.46. The van der Waals surface area contributed by atoms with Crippen LogP contribution in [-0.4, -0.2) is 48.3 Å². The topological polar surface area (TPSA) is 56.6 Å². The van der Waals surface area contributed by atoms with Gasteiger partial charge in [0, 0.05) is 26.3 Å². The zero-order valence-corrected chi connectivity index (χ0v) is 15.0. The van der Waals surface area contributed by atoms with Crippen LogP contribution in [0, 0.1) is 0 Å². The minimum absolute atomic E-state index is 0.0273. The van der Waals surface area contributed by atoms with Crippen LogP contribution in [0.2, 0.25) is 0 Å². The summed E-state index contributed by atoms with van der Waals surface area (Å²) >= 11 is 0. The Kier molecular flexibility index (Phi) is 5.20. The molecule has 25 heavy (non-hydrogen) atoms. The third-order valence-corrected chi connectivity index (χ3v) is 4.23. The van der Waals surface area contributed by atoms with E-state index in [1.807, 2.05) is 44.2 Å². The highest BCUT2D eigenvalue weighted by Crippen LogP contribution is 2.25. The van der Waals surface area contributed by atoms with Crippen LogP contribution in [0.25, 0.3) is 0 Å². The van der Waals surface area contributed by atoms with E-state index in [2.05, 4.69) is 10.00 Å². The molecule has 0 bridgehead atoms.